The van der Waals surface area contributed by atoms with Crippen LogP contribution in [0.3, 0.4) is 0 Å². The maximum atomic E-state index is 14.9. The number of carboxylic acids is 1. The van der Waals surface area contributed by atoms with Crippen molar-refractivity contribution >= 4 is 46.3 Å². The van der Waals surface area contributed by atoms with E-state index in [-0.39, 0.29) is 48.9 Å². The molecule has 25 heteroatoms. The topological polar surface area (TPSA) is 286 Å². The summed E-state index contributed by atoms with van der Waals surface area (Å²) >= 11 is 6.59. The van der Waals surface area contributed by atoms with Gasteiger partial charge >= 0.3 is 18.1 Å². The number of aliphatic hydroxyl groups excluding tert-OH is 1. The van der Waals surface area contributed by atoms with Gasteiger partial charge in [0.05, 0.1) is 90.2 Å². The van der Waals surface area contributed by atoms with Crippen LogP contribution < -0.4 is 16.1 Å². The molecule has 1 saturated carbocycles. The molecule has 0 bridgehead atoms. The summed E-state index contributed by atoms with van der Waals surface area (Å²) in [6, 6.07) is 2.26. The Labute approximate surface area is 510 Å². The first-order valence-electron chi connectivity index (χ1n) is 30.6. The molecular formula is C61H98ClN5O19. The highest BCUT2D eigenvalue weighted by molar-refractivity contribution is 6.34. The van der Waals surface area contributed by atoms with E-state index in [1.807, 2.05) is 63.1 Å². The standard InChI is InChI=1S/C61H98ClN5O19/c1-15-47-60(10)61(75,86-57(73)85-60)39(7)66(13)32-34(2)30-58(8,74)52(84-56-50(69)46(65(11)12)27-35(3)80-56)36(4)51(37(5)55(72)82-47)83-48-31-59(9,76-14)53(38(6)81-48)79-22-16-19-63-20-23-77-25-26-78-24-21-64-44-28-41-45(29-43(44)62)67(40-17-18-40)33-42(49(41)68)54(70)71/h28-29,33-40,46-48,50-53,56,63-64,69,74-75H,15-27,30-32H2,1-14H3,(H,70,71)/t34-,35-,36+,37-,38+,39-,46+,47-,48+,50-,51+,52+,53+,56+,58-,59-,60-,61-/m1/s1. The zero-order chi connectivity index (χ0) is 63.2. The average Bonchev–Trinajstić information content (AvgIpc) is 1.83. The van der Waals surface area contributed by atoms with Gasteiger partial charge in [-0.2, -0.15) is 0 Å². The third kappa shape index (κ3) is 15.8. The molecule has 0 amide bonds. The molecule has 4 saturated heterocycles. The van der Waals surface area contributed by atoms with E-state index in [4.69, 9.17) is 63.7 Å². The fourth-order valence-electron chi connectivity index (χ4n) is 13.2. The minimum Gasteiger partial charge on any atom is -0.477 e. The van der Waals surface area contributed by atoms with Crippen LogP contribution in [0.5, 0.6) is 0 Å². The Hall–Kier alpha value is -3.83. The van der Waals surface area contributed by atoms with Crippen LogP contribution in [0.4, 0.5) is 10.5 Å². The predicted molar refractivity (Wildman–Crippen MR) is 318 cm³/mol. The molecule has 24 nitrogen and oxygen atoms in total. The van der Waals surface area contributed by atoms with E-state index in [1.54, 1.807) is 54.0 Å². The number of halogens is 1. The predicted octanol–water partition coefficient (Wildman–Crippen LogP) is 5.55. The number of methoxy groups -OCH3 is 1. The molecule has 0 radical (unpaired) electrons. The van der Waals surface area contributed by atoms with Gasteiger partial charge in [-0.25, -0.2) is 9.59 Å². The van der Waals surface area contributed by atoms with Crippen LogP contribution >= 0.6 is 11.6 Å². The molecule has 7 rings (SSSR count). The number of carbonyl (C=O) groups excluding carboxylic acids is 2. The molecule has 6 N–H and O–H groups in total. The highest BCUT2D eigenvalue weighted by atomic mass is 35.5. The lowest BCUT2D eigenvalue weighted by atomic mass is 9.77. The summed E-state index contributed by atoms with van der Waals surface area (Å²) in [6.07, 6.45) is -4.30. The van der Waals surface area contributed by atoms with E-state index in [1.165, 1.54) is 13.1 Å². The summed E-state index contributed by atoms with van der Waals surface area (Å²) in [6.45, 7) is 21.6. The van der Waals surface area contributed by atoms with Crippen molar-refractivity contribution in [2.45, 2.75) is 210 Å². The van der Waals surface area contributed by atoms with Crippen molar-refractivity contribution in [3.8, 4) is 0 Å². The summed E-state index contributed by atoms with van der Waals surface area (Å²) in [7, 11) is 7.12. The van der Waals surface area contributed by atoms with E-state index in [2.05, 4.69) is 10.6 Å². The van der Waals surface area contributed by atoms with Crippen LogP contribution in [0.2, 0.25) is 5.02 Å². The number of rotatable bonds is 24. The lowest BCUT2D eigenvalue weighted by Gasteiger charge is -2.49. The highest BCUT2D eigenvalue weighted by Gasteiger charge is 2.68. The number of anilines is 1. The number of hydrogen-bond donors (Lipinski definition) is 6. The number of benzene rings is 1. The SMILES string of the molecule is CC[C@H]1OC(=O)[C@H](C)[C@@H](O[C@H]2C[C@@](C)(OC)[C@@H](OCCCNCCOCCOCCNc3cc4c(=O)c(C(=O)O)cn(C5CC5)c4cc3Cl)[C@H](C)O2)[C@H](C)[C@H](O[C@@H]2O[C@H](C)C[C@H](N(C)C)[C@H]2O)[C@](C)(O)C[C@@H](C)CN(C)[C@H](C)[C@@]2(O)OC(=O)O[C@]12C. The number of aromatic nitrogens is 1. The van der Waals surface area contributed by atoms with E-state index in [9.17, 15) is 39.6 Å². The fourth-order valence-corrected chi connectivity index (χ4v) is 13.5. The quantitative estimate of drug-likeness (QED) is 0.0555. The molecule has 18 atom stereocenters. The van der Waals surface area contributed by atoms with Gasteiger partial charge in [-0.3, -0.25) is 14.5 Å². The zero-order valence-electron chi connectivity index (χ0n) is 52.8. The number of nitrogens with zero attached hydrogens (tertiary/aromatic N) is 3. The maximum absolute atomic E-state index is 14.9. The largest absolute Gasteiger partial charge is 0.511 e. The normalized spacial score (nSPS) is 36.9. The second kappa shape index (κ2) is 29.4. The van der Waals surface area contributed by atoms with Crippen LogP contribution in [0.1, 0.15) is 131 Å². The first-order chi connectivity index (χ1) is 40.5. The number of esters is 1. The highest BCUT2D eigenvalue weighted by Crippen LogP contribution is 2.46. The van der Waals surface area contributed by atoms with Crippen molar-refractivity contribution in [1.29, 1.82) is 0 Å². The number of aromatic carboxylic acids is 1. The van der Waals surface area contributed by atoms with Crippen LogP contribution in [-0.2, 0) is 56.9 Å². The molecule has 5 fully saturated rings. The Morgan fingerprint density at radius 1 is 0.895 bits per heavy atom. The molecule has 1 aromatic carbocycles. The summed E-state index contributed by atoms with van der Waals surface area (Å²) in [5.41, 5.74) is -4.14. The van der Waals surface area contributed by atoms with E-state index < -0.39 is 113 Å². The van der Waals surface area contributed by atoms with Gasteiger partial charge in [0.2, 0.25) is 11.0 Å². The Morgan fingerprint density at radius 3 is 2.22 bits per heavy atom. The van der Waals surface area contributed by atoms with Crippen LogP contribution in [0.25, 0.3) is 10.9 Å². The van der Waals surface area contributed by atoms with Gasteiger partial charge in [0.1, 0.15) is 23.9 Å². The third-order valence-electron chi connectivity index (χ3n) is 18.3. The molecule has 5 heterocycles. The average molecular weight is 1240 g/mol. The van der Waals surface area contributed by atoms with E-state index >= 15 is 0 Å². The first-order valence-corrected chi connectivity index (χ1v) is 31.0. The molecule has 86 heavy (non-hydrogen) atoms. The second-order valence-corrected chi connectivity index (χ2v) is 25.9. The summed E-state index contributed by atoms with van der Waals surface area (Å²) in [5, 5.41) is 54.0. The number of likely N-dealkylation sites (N-methyl/N-ethyl adjacent to an activating group) is 2. The Kier molecular flexibility index (Phi) is 23.8. The Bertz CT molecular complexity index is 2670. The van der Waals surface area contributed by atoms with Gasteiger partial charge in [0.15, 0.2) is 12.6 Å². The lowest BCUT2D eigenvalue weighted by Crippen LogP contribution is -2.66. The van der Waals surface area contributed by atoms with E-state index in [0.29, 0.717) is 93.7 Å². The van der Waals surface area contributed by atoms with Crippen molar-refractivity contribution in [2.24, 2.45) is 17.8 Å². The summed E-state index contributed by atoms with van der Waals surface area (Å²) in [5.74, 6) is -6.48. The number of nitrogens with one attached hydrogen (secondary N) is 2. The number of fused-ring (bicyclic) bond motifs is 2. The third-order valence-corrected chi connectivity index (χ3v) is 18.6. The van der Waals surface area contributed by atoms with Crippen molar-refractivity contribution in [1.82, 2.24) is 19.7 Å². The molecule has 0 unspecified atom stereocenters. The molecule has 4 aliphatic heterocycles. The zero-order valence-corrected chi connectivity index (χ0v) is 53.6. The Balaban J connectivity index is 0.944. The molecule has 488 valence electrons. The number of carbonyl (C=O) groups is 3. The van der Waals surface area contributed by atoms with Gasteiger partial charge in [0.25, 0.3) is 5.79 Å². The van der Waals surface area contributed by atoms with Crippen LogP contribution in [-0.4, -0.2) is 230 Å². The number of carboxylic acid groups (broad SMARTS) is 1. The molecule has 2 aromatic rings. The number of cyclic esters (lactones) is 1. The minimum atomic E-state index is -2.26. The van der Waals surface area contributed by atoms with Gasteiger partial charge in [0, 0.05) is 69.4 Å². The van der Waals surface area contributed by atoms with Gasteiger partial charge in [-0.1, -0.05) is 32.4 Å². The maximum Gasteiger partial charge on any atom is 0.511 e. The fraction of sp³-hybridized carbons (Fsp3) is 0.803. The van der Waals surface area contributed by atoms with Gasteiger partial charge in [-0.15, -0.1) is 0 Å². The van der Waals surface area contributed by atoms with Crippen LogP contribution in [0, 0.1) is 17.8 Å². The molecular weight excluding hydrogens is 1140 g/mol. The lowest BCUT2D eigenvalue weighted by molar-refractivity contribution is -0.320. The summed E-state index contributed by atoms with van der Waals surface area (Å²) < 4.78 is 70.5. The van der Waals surface area contributed by atoms with E-state index in [0.717, 1.165) is 12.8 Å². The smallest absolute Gasteiger partial charge is 0.477 e. The monoisotopic (exact) mass is 1240 g/mol. The van der Waals surface area contributed by atoms with Crippen molar-refractivity contribution in [2.75, 3.05) is 92.8 Å². The number of ether oxygens (including phenoxy) is 11. The van der Waals surface area contributed by atoms with Crippen LogP contribution in [0.15, 0.2) is 23.1 Å². The summed E-state index contributed by atoms with van der Waals surface area (Å²) in [4.78, 5) is 56.4. The molecule has 5 aliphatic rings. The molecule has 1 aliphatic carbocycles. The van der Waals surface area contributed by atoms with Crippen molar-refractivity contribution in [3.05, 3.63) is 39.1 Å². The minimum absolute atomic E-state index is 0.130. The van der Waals surface area contributed by atoms with Crippen molar-refractivity contribution in [3.63, 3.8) is 0 Å². The Morgan fingerprint density at radius 2 is 1.58 bits per heavy atom. The second-order valence-electron chi connectivity index (χ2n) is 25.5. The van der Waals surface area contributed by atoms with Crippen molar-refractivity contribution < 1.29 is 86.9 Å². The number of pyridine rings is 1. The molecule has 1 aromatic heterocycles. The number of hydrogen-bond acceptors (Lipinski definition) is 22. The number of aliphatic hydroxyl groups is 3. The van der Waals surface area contributed by atoms with Gasteiger partial charge < -0.3 is 92.6 Å². The first kappa shape index (κ1) is 69.6. The van der Waals surface area contributed by atoms with Gasteiger partial charge in [-0.05, 0) is 133 Å². The molecule has 0 spiro atoms.